The molecular formula is C4H6ClN3O3S. The van der Waals surface area contributed by atoms with Crippen LogP contribution in [0.4, 0.5) is 0 Å². The van der Waals surface area contributed by atoms with Crippen LogP contribution in [0, 0.1) is 0 Å². The van der Waals surface area contributed by atoms with Gasteiger partial charge < -0.3 is 0 Å². The zero-order valence-electron chi connectivity index (χ0n) is 5.87. The number of nitrogens with zero attached hydrogens (tertiary/aromatic N) is 1. The van der Waals surface area contributed by atoms with Gasteiger partial charge in [0.05, 0.1) is 5.75 Å². The van der Waals surface area contributed by atoms with Gasteiger partial charge in [-0.2, -0.15) is 5.10 Å². The fraction of sp³-hybridized carbons (Fsp3) is 0.500. The van der Waals surface area contributed by atoms with E-state index in [-0.39, 0.29) is 18.0 Å². The average Bonchev–Trinajstić information content (AvgIpc) is 2.30. The van der Waals surface area contributed by atoms with Crippen LogP contribution < -0.4 is 5.69 Å². The molecule has 2 N–H and O–H groups in total. The molecule has 0 aliphatic carbocycles. The topological polar surface area (TPSA) is 95.7 Å². The van der Waals surface area contributed by atoms with Gasteiger partial charge in [-0.3, -0.25) is 4.98 Å². The van der Waals surface area contributed by atoms with E-state index in [9.17, 15) is 13.2 Å². The Kier molecular flexibility index (Phi) is 2.53. The number of hydrogen-bond acceptors (Lipinski definition) is 4. The van der Waals surface area contributed by atoms with Gasteiger partial charge in [0, 0.05) is 17.1 Å². The third kappa shape index (κ3) is 3.05. The van der Waals surface area contributed by atoms with Crippen molar-refractivity contribution in [1.29, 1.82) is 0 Å². The van der Waals surface area contributed by atoms with Crippen molar-refractivity contribution >= 4 is 19.7 Å². The molecule has 0 atom stereocenters. The first-order valence-electron chi connectivity index (χ1n) is 3.03. The maximum Gasteiger partial charge on any atom is 0.340 e. The molecule has 0 radical (unpaired) electrons. The number of hydrogen-bond donors (Lipinski definition) is 2. The highest BCUT2D eigenvalue weighted by molar-refractivity contribution is 8.13. The summed E-state index contributed by atoms with van der Waals surface area (Å²) in [5.74, 6) is 0.0410. The Bertz CT molecular complexity index is 405. The highest BCUT2D eigenvalue weighted by atomic mass is 35.7. The molecule has 0 amide bonds. The molecule has 0 unspecified atom stereocenters. The Hall–Kier alpha value is -0.820. The SMILES string of the molecule is O=c1[nH]nc(CCS(=O)(=O)Cl)[nH]1. The molecule has 0 fully saturated rings. The van der Waals surface area contributed by atoms with Crippen molar-refractivity contribution < 1.29 is 8.42 Å². The van der Waals surface area contributed by atoms with Crippen LogP contribution in [0.1, 0.15) is 5.82 Å². The minimum Gasteiger partial charge on any atom is -0.293 e. The third-order valence-corrected chi connectivity index (χ3v) is 2.29. The van der Waals surface area contributed by atoms with Gasteiger partial charge in [-0.05, 0) is 0 Å². The first kappa shape index (κ1) is 9.27. The second-order valence-electron chi connectivity index (χ2n) is 2.12. The number of aromatic nitrogens is 3. The van der Waals surface area contributed by atoms with Crippen molar-refractivity contribution in [3.63, 3.8) is 0 Å². The largest absolute Gasteiger partial charge is 0.340 e. The van der Waals surface area contributed by atoms with Crippen molar-refractivity contribution in [3.8, 4) is 0 Å². The molecule has 0 aliphatic rings. The summed E-state index contributed by atoms with van der Waals surface area (Å²) in [6.07, 6.45) is 0.102. The maximum absolute atomic E-state index is 10.5. The first-order valence-corrected chi connectivity index (χ1v) is 5.51. The van der Waals surface area contributed by atoms with Crippen molar-refractivity contribution in [3.05, 3.63) is 16.3 Å². The summed E-state index contributed by atoms with van der Waals surface area (Å²) >= 11 is 0. The fourth-order valence-corrected chi connectivity index (χ4v) is 1.31. The van der Waals surface area contributed by atoms with Crippen LogP contribution in [0.15, 0.2) is 4.79 Å². The average molecular weight is 212 g/mol. The highest BCUT2D eigenvalue weighted by Crippen LogP contribution is 1.98. The number of rotatable bonds is 3. The number of H-pyrrole nitrogens is 2. The normalized spacial score (nSPS) is 11.8. The van der Waals surface area contributed by atoms with Gasteiger partial charge in [-0.15, -0.1) is 0 Å². The van der Waals surface area contributed by atoms with E-state index in [4.69, 9.17) is 10.7 Å². The molecule has 0 aliphatic heterocycles. The zero-order chi connectivity index (χ0) is 9.19. The lowest BCUT2D eigenvalue weighted by Crippen LogP contribution is -2.04. The molecule has 8 heteroatoms. The lowest BCUT2D eigenvalue weighted by atomic mass is 10.5. The third-order valence-electron chi connectivity index (χ3n) is 1.13. The van der Waals surface area contributed by atoms with Gasteiger partial charge in [-0.25, -0.2) is 18.3 Å². The second kappa shape index (κ2) is 3.28. The van der Waals surface area contributed by atoms with Crippen LogP contribution in [0.5, 0.6) is 0 Å². The molecule has 12 heavy (non-hydrogen) atoms. The van der Waals surface area contributed by atoms with Crippen molar-refractivity contribution in [1.82, 2.24) is 15.2 Å². The monoisotopic (exact) mass is 211 g/mol. The summed E-state index contributed by atoms with van der Waals surface area (Å²) < 4.78 is 20.9. The van der Waals surface area contributed by atoms with Gasteiger partial charge in [0.2, 0.25) is 9.05 Å². The lowest BCUT2D eigenvalue weighted by Gasteiger charge is -1.90. The van der Waals surface area contributed by atoms with E-state index >= 15 is 0 Å². The highest BCUT2D eigenvalue weighted by Gasteiger charge is 2.07. The molecule has 1 aromatic heterocycles. The van der Waals surface area contributed by atoms with E-state index in [1.807, 2.05) is 0 Å². The van der Waals surface area contributed by atoms with E-state index in [0.29, 0.717) is 0 Å². The molecule has 1 heterocycles. The van der Waals surface area contributed by atoms with E-state index < -0.39 is 14.7 Å². The van der Waals surface area contributed by atoms with Gasteiger partial charge in [0.15, 0.2) is 0 Å². The van der Waals surface area contributed by atoms with Crippen LogP contribution >= 0.6 is 10.7 Å². The molecule has 1 rings (SSSR count). The second-order valence-corrected chi connectivity index (χ2v) is 5.01. The van der Waals surface area contributed by atoms with Crippen LogP contribution in [0.2, 0.25) is 0 Å². The molecule has 0 saturated carbocycles. The molecule has 0 bridgehead atoms. The Morgan fingerprint density at radius 2 is 2.17 bits per heavy atom. The van der Waals surface area contributed by atoms with E-state index in [1.165, 1.54) is 0 Å². The van der Waals surface area contributed by atoms with Gasteiger partial charge >= 0.3 is 5.69 Å². The van der Waals surface area contributed by atoms with E-state index in [2.05, 4.69) is 15.2 Å². The molecule has 68 valence electrons. The van der Waals surface area contributed by atoms with Crippen LogP contribution in [0.3, 0.4) is 0 Å². The van der Waals surface area contributed by atoms with Crippen LogP contribution in [-0.4, -0.2) is 29.4 Å². The minimum atomic E-state index is -3.52. The summed E-state index contributed by atoms with van der Waals surface area (Å²) in [7, 11) is 1.42. The molecule has 6 nitrogen and oxygen atoms in total. The minimum absolute atomic E-state index is 0.102. The fourth-order valence-electron chi connectivity index (χ4n) is 0.642. The number of aryl methyl sites for hydroxylation is 1. The Morgan fingerprint density at radius 3 is 2.58 bits per heavy atom. The van der Waals surface area contributed by atoms with E-state index in [0.717, 1.165) is 0 Å². The quantitative estimate of drug-likeness (QED) is 0.641. The smallest absolute Gasteiger partial charge is 0.293 e. The summed E-state index contributed by atoms with van der Waals surface area (Å²) in [5, 5.41) is 5.61. The summed E-state index contributed by atoms with van der Waals surface area (Å²) in [5.41, 5.74) is -0.461. The summed E-state index contributed by atoms with van der Waals surface area (Å²) in [4.78, 5) is 12.8. The summed E-state index contributed by atoms with van der Waals surface area (Å²) in [6, 6.07) is 0. The molecule has 0 aromatic carbocycles. The number of halogens is 1. The molecule has 0 spiro atoms. The molecular weight excluding hydrogens is 206 g/mol. The lowest BCUT2D eigenvalue weighted by molar-refractivity contribution is 0.608. The predicted octanol–water partition coefficient (Wildman–Crippen LogP) is -0.791. The predicted molar refractivity (Wildman–Crippen MR) is 42.6 cm³/mol. The maximum atomic E-state index is 10.5. The first-order chi connectivity index (χ1) is 5.47. The van der Waals surface area contributed by atoms with Crippen LogP contribution in [-0.2, 0) is 15.5 Å². The standard InChI is InChI=1S/C4H6ClN3O3S/c5-12(10,11)2-1-3-6-4(9)8-7-3/h1-2H2,(H2,6,7,8,9). The van der Waals surface area contributed by atoms with Crippen LogP contribution in [0.25, 0.3) is 0 Å². The van der Waals surface area contributed by atoms with Crippen molar-refractivity contribution in [2.45, 2.75) is 6.42 Å². The van der Waals surface area contributed by atoms with Gasteiger partial charge in [0.25, 0.3) is 0 Å². The van der Waals surface area contributed by atoms with Gasteiger partial charge in [0.1, 0.15) is 5.82 Å². The Labute approximate surface area is 72.4 Å². The Morgan fingerprint density at radius 1 is 1.50 bits per heavy atom. The Balaban J connectivity index is 2.61. The summed E-state index contributed by atoms with van der Waals surface area (Å²) in [6.45, 7) is 0. The molecule has 1 aromatic rings. The van der Waals surface area contributed by atoms with Gasteiger partial charge in [-0.1, -0.05) is 0 Å². The number of nitrogens with one attached hydrogen (secondary N) is 2. The van der Waals surface area contributed by atoms with Crippen molar-refractivity contribution in [2.24, 2.45) is 0 Å². The zero-order valence-corrected chi connectivity index (χ0v) is 7.44. The molecule has 0 saturated heterocycles. The van der Waals surface area contributed by atoms with E-state index in [1.54, 1.807) is 0 Å². The number of aromatic amines is 2. The van der Waals surface area contributed by atoms with Crippen molar-refractivity contribution in [2.75, 3.05) is 5.75 Å².